The van der Waals surface area contributed by atoms with Gasteiger partial charge in [0, 0.05) is 16.7 Å². The molecule has 0 radical (unpaired) electrons. The van der Waals surface area contributed by atoms with Crippen molar-refractivity contribution in [3.8, 4) is 69.2 Å². The van der Waals surface area contributed by atoms with Crippen LogP contribution < -0.4 is 14.2 Å². The summed E-state index contributed by atoms with van der Waals surface area (Å²) < 4.78 is 17.5. The van der Waals surface area contributed by atoms with Crippen LogP contribution in [0.3, 0.4) is 0 Å². The molecule has 3 heterocycles. The summed E-state index contributed by atoms with van der Waals surface area (Å²) in [6, 6.07) is 34.7. The number of nitrogens with zero attached hydrogens (tertiary/aromatic N) is 6. The lowest BCUT2D eigenvalue weighted by Gasteiger charge is -2.31. The number of aromatic nitrogens is 3. The third-order valence-corrected chi connectivity index (χ3v) is 13.5. The van der Waals surface area contributed by atoms with Crippen molar-refractivity contribution in [2.24, 2.45) is 17.8 Å². The quantitative estimate of drug-likeness (QED) is 0.0888. The zero-order valence-electron chi connectivity index (χ0n) is 39.7. The standard InChI is InChI=1S/C57H54N6O6/c1-7-34(4)37-10-16-40(17-11-37)49-25-46(28-58)52(31-61-49)67-55(64)43-22-44(56(65)68-53-32-62-50(26-47(53)29-59)41-18-12-38(13-19-41)35(5)8-2)24-45(23-43)57(66)69-54-33-63-51(27-48(54)30-60)42-20-14-39(15-21-42)36(6)9-3/h10-21,25-27,31-36,43-45H,7-9,22-24H2,1-6H3. The number of nitriles is 3. The molecule has 348 valence electrons. The summed E-state index contributed by atoms with van der Waals surface area (Å²) in [6.07, 6.45) is 6.68. The molecule has 69 heavy (non-hydrogen) atoms. The molecule has 0 N–H and O–H groups in total. The van der Waals surface area contributed by atoms with Crippen molar-refractivity contribution in [3.05, 3.63) is 143 Å². The molecule has 7 rings (SSSR count). The van der Waals surface area contributed by atoms with Crippen LogP contribution in [0.15, 0.2) is 110 Å². The van der Waals surface area contributed by atoms with Crippen molar-refractivity contribution >= 4 is 17.9 Å². The first-order valence-electron chi connectivity index (χ1n) is 23.5. The Labute approximate surface area is 403 Å². The molecule has 12 heteroatoms. The minimum Gasteiger partial charge on any atom is -0.423 e. The summed E-state index contributed by atoms with van der Waals surface area (Å²) >= 11 is 0. The minimum absolute atomic E-state index is 0.0694. The molecule has 3 aromatic heterocycles. The van der Waals surface area contributed by atoms with Crippen molar-refractivity contribution in [2.45, 2.75) is 97.8 Å². The van der Waals surface area contributed by atoms with E-state index in [2.05, 4.69) is 74.7 Å². The Hall–Kier alpha value is -8.01. The molecule has 0 amide bonds. The van der Waals surface area contributed by atoms with Gasteiger partial charge in [0.2, 0.25) is 0 Å². The highest BCUT2D eigenvalue weighted by atomic mass is 16.5. The van der Waals surface area contributed by atoms with Gasteiger partial charge in [-0.25, -0.2) is 0 Å². The van der Waals surface area contributed by atoms with E-state index in [0.717, 1.165) is 36.0 Å². The van der Waals surface area contributed by atoms with Gasteiger partial charge in [-0.05, 0) is 91.2 Å². The lowest BCUT2D eigenvalue weighted by Crippen LogP contribution is -2.39. The van der Waals surface area contributed by atoms with Crippen LogP contribution in [0.5, 0.6) is 17.2 Å². The molecule has 6 aromatic rings. The van der Waals surface area contributed by atoms with Gasteiger partial charge in [0.05, 0.1) is 70.1 Å². The third kappa shape index (κ3) is 11.4. The largest absolute Gasteiger partial charge is 0.423 e. The van der Waals surface area contributed by atoms with Crippen LogP contribution in [-0.2, 0) is 14.4 Å². The fourth-order valence-electron chi connectivity index (χ4n) is 8.43. The van der Waals surface area contributed by atoms with Gasteiger partial charge in [0.1, 0.15) is 18.2 Å². The fraction of sp³-hybridized carbons (Fsp3) is 0.316. The van der Waals surface area contributed by atoms with E-state index in [1.54, 1.807) is 18.2 Å². The van der Waals surface area contributed by atoms with Crippen molar-refractivity contribution in [2.75, 3.05) is 0 Å². The molecule has 1 fully saturated rings. The van der Waals surface area contributed by atoms with E-state index >= 15 is 0 Å². The second-order valence-corrected chi connectivity index (χ2v) is 17.9. The van der Waals surface area contributed by atoms with Crippen LogP contribution in [-0.4, -0.2) is 32.9 Å². The molecule has 0 bridgehead atoms. The molecule has 3 unspecified atom stereocenters. The number of benzene rings is 3. The number of pyridine rings is 3. The van der Waals surface area contributed by atoms with Gasteiger partial charge in [0.15, 0.2) is 17.2 Å². The molecule has 3 atom stereocenters. The van der Waals surface area contributed by atoms with Crippen molar-refractivity contribution in [1.29, 1.82) is 15.8 Å². The molecule has 1 saturated carbocycles. The number of carbonyl (C=O) groups is 3. The predicted molar refractivity (Wildman–Crippen MR) is 261 cm³/mol. The zero-order valence-corrected chi connectivity index (χ0v) is 39.7. The SMILES string of the molecule is CCC(C)c1ccc(-c2cc(C#N)c(OC(=O)C3CC(C(=O)Oc4cnc(-c5ccc(C(C)CC)cc5)cc4C#N)CC(C(=O)Oc4cnc(-c5ccc(C(C)CC)cc5)cc4C#N)C3)cn2)cc1. The van der Waals surface area contributed by atoms with Crippen LogP contribution in [0.25, 0.3) is 33.8 Å². The minimum atomic E-state index is -1.04. The maximum atomic E-state index is 14.1. The Bertz CT molecular complexity index is 2640. The Balaban J connectivity index is 1.13. The second kappa shape index (κ2) is 22.2. The molecule has 1 aliphatic rings. The summed E-state index contributed by atoms with van der Waals surface area (Å²) in [4.78, 5) is 55.8. The third-order valence-electron chi connectivity index (χ3n) is 13.5. The number of hydrogen-bond acceptors (Lipinski definition) is 12. The van der Waals surface area contributed by atoms with Crippen molar-refractivity contribution < 1.29 is 28.6 Å². The smallest absolute Gasteiger partial charge is 0.314 e. The van der Waals surface area contributed by atoms with E-state index in [9.17, 15) is 30.2 Å². The van der Waals surface area contributed by atoms with Gasteiger partial charge in [-0.15, -0.1) is 0 Å². The number of ether oxygens (including phenoxy) is 3. The fourth-order valence-corrected chi connectivity index (χ4v) is 8.43. The summed E-state index contributed by atoms with van der Waals surface area (Å²) in [7, 11) is 0. The first-order valence-corrected chi connectivity index (χ1v) is 23.5. The van der Waals surface area contributed by atoms with Gasteiger partial charge in [-0.1, -0.05) is 114 Å². The van der Waals surface area contributed by atoms with E-state index in [0.29, 0.717) is 34.8 Å². The van der Waals surface area contributed by atoms with E-state index in [1.807, 2.05) is 72.8 Å². The van der Waals surface area contributed by atoms with Gasteiger partial charge in [-0.3, -0.25) is 29.3 Å². The molecule has 1 aliphatic carbocycles. The van der Waals surface area contributed by atoms with Gasteiger partial charge in [-0.2, -0.15) is 15.8 Å². The lowest BCUT2D eigenvalue weighted by atomic mass is 9.75. The number of rotatable bonds is 15. The van der Waals surface area contributed by atoms with Gasteiger partial charge in [0.25, 0.3) is 0 Å². The average molecular weight is 919 g/mol. The number of carbonyl (C=O) groups excluding carboxylic acids is 3. The number of esters is 3. The Morgan fingerprint density at radius 1 is 0.478 bits per heavy atom. The van der Waals surface area contributed by atoms with Crippen LogP contribution >= 0.6 is 0 Å². The van der Waals surface area contributed by atoms with E-state index < -0.39 is 35.7 Å². The van der Waals surface area contributed by atoms with Crippen LogP contribution in [0.2, 0.25) is 0 Å². The summed E-state index contributed by atoms with van der Waals surface area (Å²) in [6.45, 7) is 12.8. The number of hydrogen-bond donors (Lipinski definition) is 0. The molecule has 3 aromatic carbocycles. The first kappa shape index (κ1) is 48.9. The van der Waals surface area contributed by atoms with Crippen LogP contribution in [0, 0.1) is 51.7 Å². The molecule has 0 aliphatic heterocycles. The Morgan fingerprint density at radius 3 is 0.942 bits per heavy atom. The molecule has 0 spiro atoms. The summed E-state index contributed by atoms with van der Waals surface area (Å²) in [5, 5.41) is 30.5. The van der Waals surface area contributed by atoms with Crippen molar-refractivity contribution in [1.82, 2.24) is 15.0 Å². The Morgan fingerprint density at radius 2 is 0.725 bits per heavy atom. The molecule has 12 nitrogen and oxygen atoms in total. The highest BCUT2D eigenvalue weighted by Crippen LogP contribution is 2.38. The monoisotopic (exact) mass is 918 g/mol. The second-order valence-electron chi connectivity index (χ2n) is 17.9. The van der Waals surface area contributed by atoms with E-state index in [4.69, 9.17) is 14.2 Å². The van der Waals surface area contributed by atoms with Gasteiger partial charge < -0.3 is 14.2 Å². The molecular weight excluding hydrogens is 865 g/mol. The van der Waals surface area contributed by atoms with Crippen molar-refractivity contribution in [3.63, 3.8) is 0 Å². The normalized spacial score (nSPS) is 16.7. The maximum absolute atomic E-state index is 14.1. The molecular formula is C57H54N6O6. The predicted octanol–water partition coefficient (Wildman–Crippen LogP) is 12.2. The van der Waals surface area contributed by atoms with Crippen LogP contribution in [0.1, 0.15) is 131 Å². The Kier molecular flexibility index (Phi) is 15.7. The van der Waals surface area contributed by atoms with E-state index in [1.165, 1.54) is 35.3 Å². The molecule has 0 saturated heterocycles. The lowest BCUT2D eigenvalue weighted by molar-refractivity contribution is -0.150. The van der Waals surface area contributed by atoms with E-state index in [-0.39, 0.29) is 53.2 Å². The first-order chi connectivity index (χ1) is 33.4. The highest BCUT2D eigenvalue weighted by molar-refractivity contribution is 5.84. The zero-order chi connectivity index (χ0) is 49.2. The van der Waals surface area contributed by atoms with Gasteiger partial charge >= 0.3 is 17.9 Å². The topological polar surface area (TPSA) is 189 Å². The maximum Gasteiger partial charge on any atom is 0.314 e. The average Bonchev–Trinajstić information content (AvgIpc) is 3.40. The van der Waals surface area contributed by atoms with Crippen LogP contribution in [0.4, 0.5) is 0 Å². The summed E-state index contributed by atoms with van der Waals surface area (Å²) in [5.41, 5.74) is 7.66. The highest BCUT2D eigenvalue weighted by Gasteiger charge is 2.42. The summed E-state index contributed by atoms with van der Waals surface area (Å²) in [5.74, 6) is -4.59.